The highest BCUT2D eigenvalue weighted by Gasteiger charge is 2.24. The van der Waals surface area contributed by atoms with Gasteiger partial charge in [-0.3, -0.25) is 9.56 Å². The van der Waals surface area contributed by atoms with Crippen LogP contribution in [0.4, 0.5) is 0 Å². The molecular weight excluding hydrogens is 428 g/mol. The number of rotatable bonds is 1. The maximum absolute atomic E-state index is 4.81. The second kappa shape index (κ2) is 5.40. The van der Waals surface area contributed by atoms with Gasteiger partial charge in [-0.1, -0.05) is 34.1 Å². The summed E-state index contributed by atoms with van der Waals surface area (Å²) in [5.74, 6) is 1.75. The molecule has 0 amide bonds. The third kappa shape index (κ3) is 2.19. The first-order valence-corrected chi connectivity index (χ1v) is 9.05. The van der Waals surface area contributed by atoms with E-state index in [1.54, 1.807) is 11.3 Å². The molecule has 0 atom stereocenters. The monoisotopic (exact) mass is 436 g/mol. The summed E-state index contributed by atoms with van der Waals surface area (Å²) in [6.45, 7) is 2.49. The maximum Gasteiger partial charge on any atom is 0.160 e. The average molecular weight is 438 g/mol. The Morgan fingerprint density at radius 1 is 1.14 bits per heavy atom. The summed E-state index contributed by atoms with van der Waals surface area (Å²) in [6, 6.07) is 10.3. The maximum atomic E-state index is 4.81. The van der Waals surface area contributed by atoms with E-state index in [1.165, 1.54) is 0 Å². The molecule has 0 fully saturated rings. The topological polar surface area (TPSA) is 43.1 Å². The fourth-order valence-electron chi connectivity index (χ4n) is 2.58. The molecule has 3 aromatic rings. The zero-order valence-electron chi connectivity index (χ0n) is 11.5. The number of aryl methyl sites for hydroxylation is 1. The lowest BCUT2D eigenvalue weighted by Gasteiger charge is -2.08. The van der Waals surface area contributed by atoms with Gasteiger partial charge in [0.25, 0.3) is 0 Å². The van der Waals surface area contributed by atoms with Crippen molar-refractivity contribution >= 4 is 48.9 Å². The fourth-order valence-corrected chi connectivity index (χ4v) is 4.70. The lowest BCUT2D eigenvalue weighted by Crippen LogP contribution is -2.05. The molecule has 2 aromatic heterocycles. The average Bonchev–Trinajstić information content (AvgIpc) is 3.00. The number of hydrogen-bond donors (Lipinski definition) is 0. The minimum atomic E-state index is 0.524. The van der Waals surface area contributed by atoms with Gasteiger partial charge in [-0.05, 0) is 35.0 Å². The van der Waals surface area contributed by atoms with Crippen LogP contribution in [0, 0.1) is 6.92 Å². The van der Waals surface area contributed by atoms with Crippen LogP contribution < -0.4 is 0 Å². The van der Waals surface area contributed by atoms with Crippen molar-refractivity contribution in [3.8, 4) is 5.00 Å². The minimum absolute atomic E-state index is 0.524. The van der Waals surface area contributed by atoms with Gasteiger partial charge in [0, 0.05) is 15.6 Å². The molecule has 4 nitrogen and oxygen atoms in total. The summed E-state index contributed by atoms with van der Waals surface area (Å²) in [7, 11) is 0. The van der Waals surface area contributed by atoms with E-state index in [0.29, 0.717) is 6.54 Å². The van der Waals surface area contributed by atoms with Gasteiger partial charge in [0.05, 0.1) is 9.50 Å². The number of thiophene rings is 1. The first-order chi connectivity index (χ1) is 10.6. The van der Waals surface area contributed by atoms with Gasteiger partial charge in [0.15, 0.2) is 5.82 Å². The van der Waals surface area contributed by atoms with Crippen LogP contribution in [0.25, 0.3) is 5.00 Å². The molecular formula is C15H10Br2N4S. The van der Waals surface area contributed by atoms with Crippen LogP contribution in [-0.2, 0) is 6.54 Å². The first kappa shape index (κ1) is 14.3. The Kier molecular flexibility index (Phi) is 3.51. The van der Waals surface area contributed by atoms with Crippen molar-refractivity contribution in [3.05, 3.63) is 61.4 Å². The second-order valence-corrected chi connectivity index (χ2v) is 8.18. The number of aromatic nitrogens is 3. The van der Waals surface area contributed by atoms with Crippen molar-refractivity contribution < 1.29 is 0 Å². The number of hydrogen-bond acceptors (Lipinski definition) is 4. The van der Waals surface area contributed by atoms with E-state index in [9.17, 15) is 0 Å². The minimum Gasteiger partial charge on any atom is -0.276 e. The standard InChI is InChI=1S/C15H10Br2N4S/c1-8-19-20-13-7-18-14(9-4-2-3-5-11(9)16)10-6-12(17)22-15(10)21(8)13/h2-6H,7H2,1H3. The van der Waals surface area contributed by atoms with Gasteiger partial charge in [0.2, 0.25) is 0 Å². The first-order valence-electron chi connectivity index (χ1n) is 6.65. The second-order valence-electron chi connectivity index (χ2n) is 4.91. The van der Waals surface area contributed by atoms with Crippen LogP contribution in [0.3, 0.4) is 0 Å². The Morgan fingerprint density at radius 2 is 1.95 bits per heavy atom. The molecule has 7 heteroatoms. The molecule has 110 valence electrons. The zero-order valence-corrected chi connectivity index (χ0v) is 15.5. The predicted molar refractivity (Wildman–Crippen MR) is 95.2 cm³/mol. The van der Waals surface area contributed by atoms with Crippen molar-refractivity contribution in [2.45, 2.75) is 13.5 Å². The van der Waals surface area contributed by atoms with Crippen LogP contribution in [-0.4, -0.2) is 20.5 Å². The Balaban J connectivity index is 2.00. The predicted octanol–water partition coefficient (Wildman–Crippen LogP) is 4.51. The Bertz CT molecular complexity index is 910. The van der Waals surface area contributed by atoms with Gasteiger partial charge < -0.3 is 0 Å². The molecule has 0 saturated carbocycles. The molecule has 0 spiro atoms. The molecule has 0 aliphatic carbocycles. The van der Waals surface area contributed by atoms with Crippen LogP contribution >= 0.6 is 43.2 Å². The summed E-state index contributed by atoms with van der Waals surface area (Å²) >= 11 is 8.90. The highest BCUT2D eigenvalue weighted by atomic mass is 79.9. The highest BCUT2D eigenvalue weighted by Crippen LogP contribution is 2.36. The molecule has 4 rings (SSSR count). The normalized spacial score (nSPS) is 13.3. The van der Waals surface area contributed by atoms with Gasteiger partial charge in [-0.25, -0.2) is 0 Å². The van der Waals surface area contributed by atoms with Gasteiger partial charge in [0.1, 0.15) is 17.4 Å². The Morgan fingerprint density at radius 3 is 2.77 bits per heavy atom. The summed E-state index contributed by atoms with van der Waals surface area (Å²) in [5, 5.41) is 9.56. The Hall–Kier alpha value is -1.31. The summed E-state index contributed by atoms with van der Waals surface area (Å²) in [5.41, 5.74) is 3.17. The van der Waals surface area contributed by atoms with Crippen molar-refractivity contribution in [3.63, 3.8) is 0 Å². The number of fused-ring (bicyclic) bond motifs is 3. The summed E-state index contributed by atoms with van der Waals surface area (Å²) < 4.78 is 4.20. The van der Waals surface area contributed by atoms with Gasteiger partial charge in [-0.2, -0.15) is 0 Å². The number of nitrogens with zero attached hydrogens (tertiary/aromatic N) is 4. The molecule has 0 bridgehead atoms. The molecule has 0 radical (unpaired) electrons. The highest BCUT2D eigenvalue weighted by molar-refractivity contribution is 9.11. The van der Waals surface area contributed by atoms with E-state index in [2.05, 4.69) is 58.8 Å². The lowest BCUT2D eigenvalue weighted by atomic mass is 10.0. The molecule has 0 saturated heterocycles. The lowest BCUT2D eigenvalue weighted by molar-refractivity contribution is 0.869. The summed E-state index contributed by atoms with van der Waals surface area (Å²) in [6.07, 6.45) is 0. The molecule has 1 aliphatic rings. The zero-order chi connectivity index (χ0) is 15.3. The van der Waals surface area contributed by atoms with Gasteiger partial charge in [-0.15, -0.1) is 21.5 Å². The quantitative estimate of drug-likeness (QED) is 0.561. The SMILES string of the molecule is Cc1nnc2n1-c1sc(Br)cc1C(c1ccccc1Br)=NC2. The smallest absolute Gasteiger partial charge is 0.160 e. The summed E-state index contributed by atoms with van der Waals surface area (Å²) in [4.78, 5) is 4.81. The molecule has 1 aliphatic heterocycles. The molecule has 0 unspecified atom stereocenters. The van der Waals surface area contributed by atoms with E-state index in [4.69, 9.17) is 4.99 Å². The van der Waals surface area contributed by atoms with Crippen molar-refractivity contribution in [1.82, 2.24) is 14.8 Å². The van der Waals surface area contributed by atoms with E-state index < -0.39 is 0 Å². The van der Waals surface area contributed by atoms with E-state index in [-0.39, 0.29) is 0 Å². The van der Waals surface area contributed by atoms with Crippen LogP contribution in [0.1, 0.15) is 22.8 Å². The van der Waals surface area contributed by atoms with Crippen LogP contribution in [0.15, 0.2) is 43.6 Å². The third-order valence-electron chi connectivity index (χ3n) is 3.54. The van der Waals surface area contributed by atoms with Crippen LogP contribution in [0.2, 0.25) is 0 Å². The van der Waals surface area contributed by atoms with Crippen LogP contribution in [0.5, 0.6) is 0 Å². The molecule has 0 N–H and O–H groups in total. The molecule has 1 aromatic carbocycles. The number of benzene rings is 1. The van der Waals surface area contributed by atoms with E-state index in [1.807, 2.05) is 25.1 Å². The van der Waals surface area contributed by atoms with Crippen molar-refractivity contribution in [1.29, 1.82) is 0 Å². The van der Waals surface area contributed by atoms with E-state index in [0.717, 1.165) is 41.7 Å². The van der Waals surface area contributed by atoms with Gasteiger partial charge >= 0.3 is 0 Å². The van der Waals surface area contributed by atoms with Crippen molar-refractivity contribution in [2.24, 2.45) is 4.99 Å². The Labute approximate surface area is 148 Å². The van der Waals surface area contributed by atoms with Crippen molar-refractivity contribution in [2.75, 3.05) is 0 Å². The molecule has 22 heavy (non-hydrogen) atoms. The fraction of sp³-hybridized carbons (Fsp3) is 0.133. The number of halogens is 2. The number of aliphatic imine (C=N–C) groups is 1. The third-order valence-corrected chi connectivity index (χ3v) is 5.85. The largest absolute Gasteiger partial charge is 0.276 e. The molecule has 3 heterocycles. The van der Waals surface area contributed by atoms with E-state index >= 15 is 0 Å².